The predicted octanol–water partition coefficient (Wildman–Crippen LogP) is 0.103. The predicted molar refractivity (Wildman–Crippen MR) is 65.8 cm³/mol. The van der Waals surface area contributed by atoms with Crippen LogP contribution in [0.4, 0.5) is 0 Å². The molecule has 0 aliphatic rings. The third-order valence-corrected chi connectivity index (χ3v) is 2.35. The number of aliphatic carboxylic acids is 1. The molecule has 18 heavy (non-hydrogen) atoms. The Kier molecular flexibility index (Phi) is 5.26. The van der Waals surface area contributed by atoms with Gasteiger partial charge in [-0.2, -0.15) is 0 Å². The van der Waals surface area contributed by atoms with Gasteiger partial charge in [-0.15, -0.1) is 0 Å². The van der Waals surface area contributed by atoms with E-state index in [0.717, 1.165) is 5.56 Å². The van der Waals surface area contributed by atoms with Crippen molar-refractivity contribution in [3.8, 4) is 0 Å². The second-order valence-electron chi connectivity index (χ2n) is 4.15. The molecule has 1 unspecified atom stereocenters. The van der Waals surface area contributed by atoms with Crippen LogP contribution >= 0.6 is 0 Å². The highest BCUT2D eigenvalue weighted by Gasteiger charge is 2.20. The summed E-state index contributed by atoms with van der Waals surface area (Å²) in [5.41, 5.74) is 0.993. The highest BCUT2D eigenvalue weighted by atomic mass is 16.4. The molecule has 1 amide bonds. The van der Waals surface area contributed by atoms with E-state index in [1.807, 2.05) is 17.0 Å². The number of nitrogens with one attached hydrogen (secondary N) is 1. The van der Waals surface area contributed by atoms with Crippen molar-refractivity contribution >= 4 is 11.9 Å². The molecule has 2 N–H and O–H groups in total. The quantitative estimate of drug-likeness (QED) is 0.749. The molecule has 0 radical (unpaired) electrons. The Morgan fingerprint density at radius 1 is 1.56 bits per heavy atom. The van der Waals surface area contributed by atoms with Gasteiger partial charge in [-0.05, 0) is 18.7 Å². The average molecular weight is 251 g/mol. The summed E-state index contributed by atoms with van der Waals surface area (Å²) in [4.78, 5) is 27.7. The zero-order valence-electron chi connectivity index (χ0n) is 10.5. The molecule has 0 aliphatic carbocycles. The highest BCUT2D eigenvalue weighted by molar-refractivity contribution is 5.82. The van der Waals surface area contributed by atoms with Gasteiger partial charge in [-0.1, -0.05) is 6.07 Å². The van der Waals surface area contributed by atoms with Crippen molar-refractivity contribution in [2.45, 2.75) is 19.5 Å². The van der Waals surface area contributed by atoms with Crippen molar-refractivity contribution in [2.24, 2.45) is 0 Å². The van der Waals surface area contributed by atoms with Gasteiger partial charge in [0.05, 0.1) is 0 Å². The second-order valence-corrected chi connectivity index (χ2v) is 4.15. The topological polar surface area (TPSA) is 82.5 Å². The number of rotatable bonds is 6. The van der Waals surface area contributed by atoms with Gasteiger partial charge < -0.3 is 10.4 Å². The van der Waals surface area contributed by atoms with E-state index in [-0.39, 0.29) is 12.5 Å². The lowest BCUT2D eigenvalue weighted by Gasteiger charge is -2.21. The monoisotopic (exact) mass is 251 g/mol. The Balaban J connectivity index is 2.53. The van der Waals surface area contributed by atoms with Gasteiger partial charge in [0, 0.05) is 32.4 Å². The van der Waals surface area contributed by atoms with Crippen LogP contribution in [0.1, 0.15) is 12.5 Å². The maximum atomic E-state index is 11.0. The van der Waals surface area contributed by atoms with Gasteiger partial charge in [0.25, 0.3) is 0 Å². The van der Waals surface area contributed by atoms with Crippen molar-refractivity contribution in [3.05, 3.63) is 30.1 Å². The van der Waals surface area contributed by atoms with Crippen LogP contribution in [-0.4, -0.2) is 46.5 Å². The van der Waals surface area contributed by atoms with E-state index < -0.39 is 12.0 Å². The summed E-state index contributed by atoms with van der Waals surface area (Å²) in [5, 5.41) is 11.4. The Hall–Kier alpha value is -1.95. The summed E-state index contributed by atoms with van der Waals surface area (Å²) in [6, 6.07) is 2.84. The summed E-state index contributed by atoms with van der Waals surface area (Å²) in [6.07, 6.45) is 3.41. The minimum absolute atomic E-state index is 0.240. The molecule has 98 valence electrons. The fourth-order valence-electron chi connectivity index (χ4n) is 1.61. The van der Waals surface area contributed by atoms with Crippen LogP contribution in [0.2, 0.25) is 0 Å². The van der Waals surface area contributed by atoms with E-state index in [1.165, 1.54) is 6.92 Å². The minimum Gasteiger partial charge on any atom is -0.480 e. The molecule has 1 atom stereocenters. The SMILES string of the molecule is CC(=O)NC(CN(C)Cc1cccnc1)C(=O)O. The lowest BCUT2D eigenvalue weighted by atomic mass is 10.2. The van der Waals surface area contributed by atoms with Gasteiger partial charge in [-0.25, -0.2) is 4.79 Å². The van der Waals surface area contributed by atoms with Crippen LogP contribution < -0.4 is 5.32 Å². The van der Waals surface area contributed by atoms with E-state index in [4.69, 9.17) is 5.11 Å². The van der Waals surface area contributed by atoms with Crippen LogP contribution in [0.25, 0.3) is 0 Å². The molecule has 6 nitrogen and oxygen atoms in total. The van der Waals surface area contributed by atoms with Gasteiger partial charge in [0.2, 0.25) is 5.91 Å². The Labute approximate surface area is 106 Å². The molecule has 0 aliphatic heterocycles. The van der Waals surface area contributed by atoms with Crippen molar-refractivity contribution in [1.82, 2.24) is 15.2 Å². The first-order valence-corrected chi connectivity index (χ1v) is 5.56. The molecule has 1 heterocycles. The maximum Gasteiger partial charge on any atom is 0.327 e. The van der Waals surface area contributed by atoms with Crippen LogP contribution in [0, 0.1) is 0 Å². The third-order valence-electron chi connectivity index (χ3n) is 2.35. The first-order chi connectivity index (χ1) is 8.49. The molecule has 0 saturated heterocycles. The molecule has 0 spiro atoms. The number of nitrogens with zero attached hydrogens (tertiary/aromatic N) is 2. The van der Waals surface area contributed by atoms with E-state index >= 15 is 0 Å². The standard InChI is InChI=1S/C12H17N3O3/c1-9(16)14-11(12(17)18)8-15(2)7-10-4-3-5-13-6-10/h3-6,11H,7-8H2,1-2H3,(H,14,16)(H,17,18). The summed E-state index contributed by atoms with van der Waals surface area (Å²) in [5.74, 6) is -1.39. The minimum atomic E-state index is -1.04. The fraction of sp³-hybridized carbons (Fsp3) is 0.417. The van der Waals surface area contributed by atoms with Crippen LogP contribution in [0.15, 0.2) is 24.5 Å². The number of hydrogen-bond acceptors (Lipinski definition) is 4. The van der Waals surface area contributed by atoms with Crippen molar-refractivity contribution in [2.75, 3.05) is 13.6 Å². The summed E-state index contributed by atoms with van der Waals surface area (Å²) in [6.45, 7) is 2.12. The molecule has 0 saturated carbocycles. The smallest absolute Gasteiger partial charge is 0.327 e. The second kappa shape index (κ2) is 6.70. The third kappa shape index (κ3) is 4.92. The Morgan fingerprint density at radius 3 is 2.78 bits per heavy atom. The molecule has 1 aromatic heterocycles. The molecule has 0 aromatic carbocycles. The normalized spacial score (nSPS) is 12.2. The number of carboxylic acids is 1. The molecule has 0 bridgehead atoms. The van der Waals surface area contributed by atoms with Crippen molar-refractivity contribution in [1.29, 1.82) is 0 Å². The number of hydrogen-bond donors (Lipinski definition) is 2. The number of pyridine rings is 1. The van der Waals surface area contributed by atoms with E-state index in [2.05, 4.69) is 10.3 Å². The van der Waals surface area contributed by atoms with Crippen molar-refractivity contribution in [3.63, 3.8) is 0 Å². The summed E-state index contributed by atoms with van der Waals surface area (Å²) in [7, 11) is 1.80. The Morgan fingerprint density at radius 2 is 2.28 bits per heavy atom. The lowest BCUT2D eigenvalue weighted by molar-refractivity contribution is -0.142. The first kappa shape index (κ1) is 14.1. The van der Waals surface area contributed by atoms with Crippen LogP contribution in [0.3, 0.4) is 0 Å². The molecule has 6 heteroatoms. The van der Waals surface area contributed by atoms with E-state index in [1.54, 1.807) is 19.4 Å². The molecule has 1 aromatic rings. The Bertz CT molecular complexity index is 408. The van der Waals surface area contributed by atoms with Gasteiger partial charge in [-0.3, -0.25) is 14.7 Å². The summed E-state index contributed by atoms with van der Waals surface area (Å²) >= 11 is 0. The van der Waals surface area contributed by atoms with Crippen molar-refractivity contribution < 1.29 is 14.7 Å². The zero-order valence-corrected chi connectivity index (χ0v) is 10.5. The zero-order chi connectivity index (χ0) is 13.5. The molecule has 1 rings (SSSR count). The largest absolute Gasteiger partial charge is 0.480 e. The maximum absolute atomic E-state index is 11.0. The average Bonchev–Trinajstić information content (AvgIpc) is 2.28. The molecular weight excluding hydrogens is 234 g/mol. The van der Waals surface area contributed by atoms with E-state index in [0.29, 0.717) is 6.54 Å². The highest BCUT2D eigenvalue weighted by Crippen LogP contribution is 2.01. The van der Waals surface area contributed by atoms with E-state index in [9.17, 15) is 9.59 Å². The van der Waals surface area contributed by atoms with Gasteiger partial charge in [0.1, 0.15) is 6.04 Å². The fourth-order valence-corrected chi connectivity index (χ4v) is 1.61. The number of carbonyl (C=O) groups is 2. The van der Waals surface area contributed by atoms with Crippen LogP contribution in [0.5, 0.6) is 0 Å². The molecule has 0 fully saturated rings. The van der Waals surface area contributed by atoms with Gasteiger partial charge in [0.15, 0.2) is 0 Å². The lowest BCUT2D eigenvalue weighted by Crippen LogP contribution is -2.46. The first-order valence-electron chi connectivity index (χ1n) is 5.56. The number of likely N-dealkylation sites (N-methyl/N-ethyl adjacent to an activating group) is 1. The number of aromatic nitrogens is 1. The number of amides is 1. The van der Waals surface area contributed by atoms with Crippen LogP contribution in [-0.2, 0) is 16.1 Å². The summed E-state index contributed by atoms with van der Waals surface area (Å²) < 4.78 is 0. The number of carboxylic acid groups (broad SMARTS) is 1. The van der Waals surface area contributed by atoms with Gasteiger partial charge >= 0.3 is 5.97 Å². The number of carbonyl (C=O) groups excluding carboxylic acids is 1. The molecular formula is C12H17N3O3.